The number of allylic oxidation sites excluding steroid dienone is 1. The van der Waals surface area contributed by atoms with Crippen molar-refractivity contribution >= 4 is 17.5 Å². The van der Waals surface area contributed by atoms with Crippen LogP contribution < -0.4 is 4.90 Å². The fourth-order valence-corrected chi connectivity index (χ4v) is 4.32. The van der Waals surface area contributed by atoms with E-state index >= 15 is 0 Å². The van der Waals surface area contributed by atoms with Gasteiger partial charge in [-0.3, -0.25) is 14.5 Å². The number of carbonyl (C=O) groups is 2. The predicted octanol–water partition coefficient (Wildman–Crippen LogP) is 3.05. The van der Waals surface area contributed by atoms with Crippen LogP contribution in [0.4, 0.5) is 5.82 Å². The van der Waals surface area contributed by atoms with E-state index in [0.717, 1.165) is 5.56 Å². The van der Waals surface area contributed by atoms with E-state index in [1.165, 1.54) is 6.08 Å². The van der Waals surface area contributed by atoms with E-state index in [0.29, 0.717) is 23.8 Å². The Labute approximate surface area is 169 Å². The standard InChI is InChI=1S/C23H20N4O2/c1-15-25-11-9-19(26-15)27-12-10-18-22(2,3)20(28)16(14-24)13-23(18,21(27)29)17-7-5-4-6-8-17/h4-11,13H,12H2,1-3H3/t23-/m1/s1. The van der Waals surface area contributed by atoms with E-state index in [1.807, 2.05) is 42.5 Å². The zero-order valence-corrected chi connectivity index (χ0v) is 16.5. The summed E-state index contributed by atoms with van der Waals surface area (Å²) in [5.74, 6) is 0.561. The topological polar surface area (TPSA) is 87.0 Å². The molecule has 0 spiro atoms. The minimum absolute atomic E-state index is 0.00470. The Kier molecular flexibility index (Phi) is 4.20. The number of rotatable bonds is 2. The molecule has 1 aliphatic carbocycles. The van der Waals surface area contributed by atoms with E-state index in [-0.39, 0.29) is 17.3 Å². The highest BCUT2D eigenvalue weighted by Crippen LogP contribution is 2.52. The number of benzene rings is 1. The lowest BCUT2D eigenvalue weighted by atomic mass is 9.56. The number of nitrogens with zero attached hydrogens (tertiary/aromatic N) is 4. The van der Waals surface area contributed by atoms with E-state index in [2.05, 4.69) is 9.97 Å². The van der Waals surface area contributed by atoms with Crippen molar-refractivity contribution in [2.24, 2.45) is 5.41 Å². The van der Waals surface area contributed by atoms with Gasteiger partial charge in [-0.25, -0.2) is 9.97 Å². The van der Waals surface area contributed by atoms with Gasteiger partial charge in [-0.2, -0.15) is 5.26 Å². The number of aryl methyl sites for hydroxylation is 1. The number of hydrogen-bond acceptors (Lipinski definition) is 5. The van der Waals surface area contributed by atoms with Crippen molar-refractivity contribution in [3.8, 4) is 6.07 Å². The SMILES string of the molecule is Cc1nccc(N2CC=C3C(C)(C)C(=O)C(C#N)=C[C@]3(c3ccccc3)C2=O)n1. The van der Waals surface area contributed by atoms with E-state index in [4.69, 9.17) is 0 Å². The maximum atomic E-state index is 14.0. The molecule has 2 heterocycles. The molecule has 4 rings (SSSR count). The van der Waals surface area contributed by atoms with Gasteiger partial charge in [0.15, 0.2) is 5.78 Å². The predicted molar refractivity (Wildman–Crippen MR) is 108 cm³/mol. The molecule has 6 nitrogen and oxygen atoms in total. The van der Waals surface area contributed by atoms with Crippen molar-refractivity contribution in [1.29, 1.82) is 5.26 Å². The van der Waals surface area contributed by atoms with Gasteiger partial charge in [0.05, 0.1) is 11.0 Å². The lowest BCUT2D eigenvalue weighted by Crippen LogP contribution is -2.57. The molecular formula is C23H20N4O2. The molecule has 1 aromatic carbocycles. The fraction of sp³-hybridized carbons (Fsp3) is 0.261. The number of ketones is 1. The second-order valence-corrected chi connectivity index (χ2v) is 7.79. The van der Waals surface area contributed by atoms with Gasteiger partial charge in [-0.05, 0) is 44.1 Å². The van der Waals surface area contributed by atoms with Crippen LogP contribution in [0.5, 0.6) is 0 Å². The van der Waals surface area contributed by atoms with Crippen LogP contribution in [0.3, 0.4) is 0 Å². The summed E-state index contributed by atoms with van der Waals surface area (Å²) < 4.78 is 0. The average molecular weight is 384 g/mol. The molecule has 1 aliphatic heterocycles. The summed E-state index contributed by atoms with van der Waals surface area (Å²) in [5.41, 5.74) is -0.780. The van der Waals surface area contributed by atoms with E-state index < -0.39 is 10.8 Å². The first-order valence-electron chi connectivity index (χ1n) is 9.38. The summed E-state index contributed by atoms with van der Waals surface area (Å²) in [6, 6.07) is 13.0. The fourth-order valence-electron chi connectivity index (χ4n) is 4.32. The van der Waals surface area contributed by atoms with Gasteiger partial charge in [0.1, 0.15) is 23.1 Å². The van der Waals surface area contributed by atoms with Gasteiger partial charge in [0.25, 0.3) is 0 Å². The first-order chi connectivity index (χ1) is 13.8. The molecule has 0 unspecified atom stereocenters. The van der Waals surface area contributed by atoms with Crippen LogP contribution in [0.2, 0.25) is 0 Å². The van der Waals surface area contributed by atoms with Crippen LogP contribution in [0.1, 0.15) is 25.2 Å². The zero-order chi connectivity index (χ0) is 20.8. The molecule has 1 aromatic heterocycles. The lowest BCUT2D eigenvalue weighted by Gasteiger charge is -2.48. The van der Waals surface area contributed by atoms with Crippen molar-refractivity contribution in [1.82, 2.24) is 9.97 Å². The van der Waals surface area contributed by atoms with Crippen molar-refractivity contribution < 1.29 is 9.59 Å². The Morgan fingerprint density at radius 2 is 1.86 bits per heavy atom. The summed E-state index contributed by atoms with van der Waals surface area (Å²) >= 11 is 0. The van der Waals surface area contributed by atoms with Gasteiger partial charge >= 0.3 is 0 Å². The zero-order valence-electron chi connectivity index (χ0n) is 16.5. The van der Waals surface area contributed by atoms with Gasteiger partial charge in [-0.15, -0.1) is 0 Å². The van der Waals surface area contributed by atoms with Crippen molar-refractivity contribution in [2.45, 2.75) is 26.2 Å². The smallest absolute Gasteiger partial charge is 0.247 e. The third-order valence-electron chi connectivity index (χ3n) is 5.72. The van der Waals surface area contributed by atoms with Crippen LogP contribution >= 0.6 is 0 Å². The summed E-state index contributed by atoms with van der Waals surface area (Å²) in [7, 11) is 0. The molecule has 2 aromatic rings. The van der Waals surface area contributed by atoms with Gasteiger partial charge in [-0.1, -0.05) is 36.4 Å². The Bertz CT molecular complexity index is 1130. The van der Waals surface area contributed by atoms with Crippen LogP contribution in [0, 0.1) is 23.7 Å². The summed E-state index contributed by atoms with van der Waals surface area (Å²) in [5, 5.41) is 9.65. The van der Waals surface area contributed by atoms with Crippen molar-refractivity contribution in [2.75, 3.05) is 11.4 Å². The summed E-state index contributed by atoms with van der Waals surface area (Å²) in [6.07, 6.45) is 5.07. The molecule has 0 N–H and O–H groups in total. The molecule has 6 heteroatoms. The molecule has 29 heavy (non-hydrogen) atoms. The molecule has 144 valence electrons. The maximum absolute atomic E-state index is 14.0. The molecule has 0 saturated carbocycles. The van der Waals surface area contributed by atoms with Gasteiger partial charge in [0.2, 0.25) is 5.91 Å². The molecule has 0 saturated heterocycles. The lowest BCUT2D eigenvalue weighted by molar-refractivity contribution is -0.125. The summed E-state index contributed by atoms with van der Waals surface area (Å²) in [6.45, 7) is 5.62. The minimum atomic E-state index is -1.24. The highest BCUT2D eigenvalue weighted by molar-refractivity contribution is 6.14. The molecular weight excluding hydrogens is 364 g/mol. The van der Waals surface area contributed by atoms with Crippen LogP contribution in [0.15, 0.2) is 65.9 Å². The molecule has 2 aliphatic rings. The van der Waals surface area contributed by atoms with Gasteiger partial charge in [0, 0.05) is 12.7 Å². The number of amides is 1. The molecule has 1 amide bonds. The average Bonchev–Trinajstić information content (AvgIpc) is 2.72. The second-order valence-electron chi connectivity index (χ2n) is 7.79. The largest absolute Gasteiger partial charge is 0.292 e. The van der Waals surface area contributed by atoms with Crippen LogP contribution in [-0.2, 0) is 15.0 Å². The Hall–Kier alpha value is -3.59. The number of hydrogen-bond donors (Lipinski definition) is 0. The quantitative estimate of drug-likeness (QED) is 0.743. The number of fused-ring (bicyclic) bond motifs is 1. The highest BCUT2D eigenvalue weighted by Gasteiger charge is 2.57. The second kappa shape index (κ2) is 6.49. The first-order valence-corrected chi connectivity index (χ1v) is 9.38. The monoisotopic (exact) mass is 384 g/mol. The van der Waals surface area contributed by atoms with E-state index in [1.54, 1.807) is 37.9 Å². The molecule has 0 radical (unpaired) electrons. The van der Waals surface area contributed by atoms with Crippen LogP contribution in [0.25, 0.3) is 0 Å². The number of aromatic nitrogens is 2. The number of Topliss-reactive ketones (excluding diaryl/α,β-unsaturated/α-hetero) is 1. The summed E-state index contributed by atoms with van der Waals surface area (Å²) in [4.78, 5) is 37.1. The van der Waals surface area contributed by atoms with Crippen molar-refractivity contribution in [3.63, 3.8) is 0 Å². The minimum Gasteiger partial charge on any atom is -0.292 e. The Morgan fingerprint density at radius 1 is 1.14 bits per heavy atom. The maximum Gasteiger partial charge on any atom is 0.247 e. The highest BCUT2D eigenvalue weighted by atomic mass is 16.2. The third kappa shape index (κ3) is 2.62. The van der Waals surface area contributed by atoms with Gasteiger partial charge < -0.3 is 0 Å². The Balaban J connectivity index is 2.02. The Morgan fingerprint density at radius 3 is 2.52 bits per heavy atom. The third-order valence-corrected chi connectivity index (χ3v) is 5.72. The number of nitriles is 1. The molecule has 0 fully saturated rings. The number of carbonyl (C=O) groups excluding carboxylic acids is 2. The van der Waals surface area contributed by atoms with Crippen molar-refractivity contribution in [3.05, 3.63) is 77.3 Å². The first kappa shape index (κ1) is 18.8. The molecule has 1 atom stereocenters. The normalized spacial score (nSPS) is 23.0. The van der Waals surface area contributed by atoms with E-state index in [9.17, 15) is 14.9 Å². The molecule has 0 bridgehead atoms. The number of anilines is 1. The van der Waals surface area contributed by atoms with Crippen LogP contribution in [-0.4, -0.2) is 28.2 Å².